The predicted octanol–water partition coefficient (Wildman–Crippen LogP) is 4.54. The van der Waals surface area contributed by atoms with Crippen LogP contribution in [-0.2, 0) is 6.54 Å². The highest BCUT2D eigenvalue weighted by Crippen LogP contribution is 2.30. The zero-order valence-electron chi connectivity index (χ0n) is 16.6. The molecule has 0 unspecified atom stereocenters. The molecule has 0 fully saturated rings. The van der Waals surface area contributed by atoms with Gasteiger partial charge in [-0.1, -0.05) is 12.1 Å². The lowest BCUT2D eigenvalue weighted by molar-refractivity contribution is 0.0818. The molecule has 0 spiro atoms. The van der Waals surface area contributed by atoms with Gasteiger partial charge in [0.25, 0.3) is 6.43 Å². The molecule has 0 radical (unpaired) electrons. The monoisotopic (exact) mass is 521 g/mol. The summed E-state index contributed by atoms with van der Waals surface area (Å²) in [7, 11) is 3.25. The minimum atomic E-state index is -2.50. The number of aliphatic imine (C=N–C) groups is 1. The van der Waals surface area contributed by atoms with Crippen LogP contribution in [0.15, 0.2) is 47.5 Å². The average Bonchev–Trinajstić information content (AvgIpc) is 2.70. The Balaban J connectivity index is 0.00000420. The van der Waals surface area contributed by atoms with Crippen molar-refractivity contribution in [2.75, 3.05) is 32.7 Å². The van der Waals surface area contributed by atoms with Gasteiger partial charge in [0, 0.05) is 25.3 Å². The van der Waals surface area contributed by atoms with E-state index in [1.807, 2.05) is 31.2 Å². The largest absolute Gasteiger partial charge is 0.493 e. The van der Waals surface area contributed by atoms with Crippen molar-refractivity contribution in [2.24, 2.45) is 4.99 Å². The van der Waals surface area contributed by atoms with E-state index < -0.39 is 13.0 Å². The van der Waals surface area contributed by atoms with Crippen LogP contribution < -0.4 is 24.8 Å². The van der Waals surface area contributed by atoms with Crippen molar-refractivity contribution in [1.29, 1.82) is 0 Å². The summed E-state index contributed by atoms with van der Waals surface area (Å²) in [6.45, 7) is 2.25. The summed E-state index contributed by atoms with van der Waals surface area (Å²) in [5.41, 5.74) is 1.66. The van der Waals surface area contributed by atoms with Crippen molar-refractivity contribution < 1.29 is 23.0 Å². The number of anilines is 1. The van der Waals surface area contributed by atoms with Crippen molar-refractivity contribution in [2.45, 2.75) is 19.9 Å². The van der Waals surface area contributed by atoms with Gasteiger partial charge in [-0.15, -0.1) is 24.0 Å². The van der Waals surface area contributed by atoms with Gasteiger partial charge in [0.1, 0.15) is 12.4 Å². The van der Waals surface area contributed by atoms with Crippen molar-refractivity contribution in [3.8, 4) is 17.2 Å². The first-order valence-corrected chi connectivity index (χ1v) is 8.84. The molecule has 0 aliphatic carbocycles. The number of rotatable bonds is 9. The number of benzene rings is 2. The fourth-order valence-corrected chi connectivity index (χ4v) is 2.43. The van der Waals surface area contributed by atoms with Crippen LogP contribution >= 0.6 is 24.0 Å². The quantitative estimate of drug-likeness (QED) is 0.288. The van der Waals surface area contributed by atoms with Crippen LogP contribution in [0.3, 0.4) is 0 Å². The molecule has 0 atom stereocenters. The third-order valence-electron chi connectivity index (χ3n) is 3.68. The molecule has 0 aromatic heterocycles. The zero-order valence-corrected chi connectivity index (χ0v) is 18.9. The van der Waals surface area contributed by atoms with Gasteiger partial charge >= 0.3 is 0 Å². The summed E-state index contributed by atoms with van der Waals surface area (Å²) < 4.78 is 40.4. The maximum atomic E-state index is 12.3. The summed E-state index contributed by atoms with van der Waals surface area (Å²) in [5, 5.41) is 6.35. The molecular formula is C20H26F2IN3O3. The number of methoxy groups -OCH3 is 1. The standard InChI is InChI=1S/C20H25F2N3O3.HI/c1-4-27-18-11-15(8-9-17(18)26-3)25-20(23-2)24-12-14-6-5-7-16(10-14)28-13-19(21)22;/h5-11,19H,4,12-13H2,1-3H3,(H2,23,24,25);1H. The van der Waals surface area contributed by atoms with Crippen LogP contribution in [0.5, 0.6) is 17.2 Å². The van der Waals surface area contributed by atoms with Gasteiger partial charge in [0.2, 0.25) is 0 Å². The van der Waals surface area contributed by atoms with E-state index in [0.29, 0.717) is 36.4 Å². The topological polar surface area (TPSA) is 64.1 Å². The lowest BCUT2D eigenvalue weighted by Crippen LogP contribution is -2.30. The molecule has 0 bridgehead atoms. The van der Waals surface area contributed by atoms with Crippen LogP contribution in [0.2, 0.25) is 0 Å². The number of ether oxygens (including phenoxy) is 3. The minimum Gasteiger partial charge on any atom is -0.493 e. The molecule has 0 amide bonds. The van der Waals surface area contributed by atoms with Crippen LogP contribution in [-0.4, -0.2) is 39.8 Å². The van der Waals surface area contributed by atoms with Gasteiger partial charge in [-0.25, -0.2) is 8.78 Å². The number of guanidine groups is 1. The van der Waals surface area contributed by atoms with Crippen molar-refractivity contribution in [3.05, 3.63) is 48.0 Å². The Morgan fingerprint density at radius 2 is 1.90 bits per heavy atom. The number of nitrogens with one attached hydrogen (secondary N) is 2. The molecular weight excluding hydrogens is 495 g/mol. The van der Waals surface area contributed by atoms with E-state index in [2.05, 4.69) is 15.6 Å². The fourth-order valence-electron chi connectivity index (χ4n) is 2.43. The van der Waals surface area contributed by atoms with Gasteiger partial charge in [-0.05, 0) is 36.8 Å². The number of hydrogen-bond acceptors (Lipinski definition) is 4. The van der Waals surface area contributed by atoms with Gasteiger partial charge in [0.05, 0.1) is 13.7 Å². The summed E-state index contributed by atoms with van der Waals surface area (Å²) in [5.74, 6) is 2.23. The van der Waals surface area contributed by atoms with Crippen molar-refractivity contribution in [1.82, 2.24) is 5.32 Å². The first-order valence-electron chi connectivity index (χ1n) is 8.84. The van der Waals surface area contributed by atoms with Crippen molar-refractivity contribution in [3.63, 3.8) is 0 Å². The van der Waals surface area contributed by atoms with Gasteiger partial charge in [-0.2, -0.15) is 0 Å². The second-order valence-electron chi connectivity index (χ2n) is 5.70. The molecule has 160 valence electrons. The molecule has 2 aromatic carbocycles. The molecule has 0 heterocycles. The highest BCUT2D eigenvalue weighted by atomic mass is 127. The van der Waals surface area contributed by atoms with E-state index >= 15 is 0 Å². The second kappa shape index (κ2) is 13.0. The summed E-state index contributed by atoms with van der Waals surface area (Å²) in [6, 6.07) is 12.5. The molecule has 9 heteroatoms. The molecule has 6 nitrogen and oxygen atoms in total. The molecule has 0 saturated heterocycles. The molecule has 0 aliphatic heterocycles. The zero-order chi connectivity index (χ0) is 20.4. The molecule has 29 heavy (non-hydrogen) atoms. The van der Waals surface area contributed by atoms with Gasteiger partial charge in [0.15, 0.2) is 17.5 Å². The SMILES string of the molecule is CCOc1cc(NC(=NC)NCc2cccc(OCC(F)F)c2)ccc1OC.I. The predicted molar refractivity (Wildman–Crippen MR) is 121 cm³/mol. The van der Waals surface area contributed by atoms with E-state index in [1.165, 1.54) is 0 Å². The minimum absolute atomic E-state index is 0. The number of hydrogen-bond donors (Lipinski definition) is 2. The van der Waals surface area contributed by atoms with Crippen LogP contribution in [0, 0.1) is 0 Å². The highest BCUT2D eigenvalue weighted by Gasteiger charge is 2.08. The first kappa shape index (κ1) is 24.7. The van der Waals surface area contributed by atoms with Crippen molar-refractivity contribution >= 4 is 35.6 Å². The summed E-state index contributed by atoms with van der Waals surface area (Å²) >= 11 is 0. The summed E-state index contributed by atoms with van der Waals surface area (Å²) in [6.07, 6.45) is -2.50. The number of alkyl halides is 2. The Morgan fingerprint density at radius 1 is 1.10 bits per heavy atom. The third-order valence-corrected chi connectivity index (χ3v) is 3.68. The Labute approximate surface area is 186 Å². The maximum Gasteiger partial charge on any atom is 0.272 e. The van der Waals surface area contributed by atoms with Crippen LogP contribution in [0.1, 0.15) is 12.5 Å². The lowest BCUT2D eigenvalue weighted by Gasteiger charge is -2.15. The maximum absolute atomic E-state index is 12.3. The van der Waals surface area contributed by atoms with Crippen LogP contribution in [0.4, 0.5) is 14.5 Å². The lowest BCUT2D eigenvalue weighted by atomic mass is 10.2. The van der Waals surface area contributed by atoms with Gasteiger partial charge in [-0.3, -0.25) is 4.99 Å². The second-order valence-corrected chi connectivity index (χ2v) is 5.70. The molecule has 2 N–H and O–H groups in total. The Kier molecular flexibility index (Phi) is 11.1. The smallest absolute Gasteiger partial charge is 0.272 e. The van der Waals surface area contributed by atoms with E-state index in [4.69, 9.17) is 14.2 Å². The van der Waals surface area contributed by atoms with E-state index in [0.717, 1.165) is 11.3 Å². The van der Waals surface area contributed by atoms with E-state index in [1.54, 1.807) is 32.4 Å². The molecule has 2 aromatic rings. The molecule has 0 saturated carbocycles. The number of nitrogens with zero attached hydrogens (tertiary/aromatic N) is 1. The third kappa shape index (κ3) is 8.30. The first-order chi connectivity index (χ1) is 13.5. The van der Waals surface area contributed by atoms with Crippen LogP contribution in [0.25, 0.3) is 0 Å². The molecule has 2 rings (SSSR count). The Bertz CT molecular complexity index is 791. The average molecular weight is 521 g/mol. The Morgan fingerprint density at radius 3 is 2.55 bits per heavy atom. The fraction of sp³-hybridized carbons (Fsp3) is 0.350. The molecule has 0 aliphatic rings. The van der Waals surface area contributed by atoms with E-state index in [9.17, 15) is 8.78 Å². The number of halogens is 3. The summed E-state index contributed by atoms with van der Waals surface area (Å²) in [4.78, 5) is 4.19. The highest BCUT2D eigenvalue weighted by molar-refractivity contribution is 14.0. The Hall–Kier alpha value is -2.30. The van der Waals surface area contributed by atoms with E-state index in [-0.39, 0.29) is 24.0 Å². The van der Waals surface area contributed by atoms with Gasteiger partial charge < -0.3 is 24.8 Å². The normalized spacial score (nSPS) is 10.9.